The number of H-pyrrole nitrogens is 1. The Bertz CT molecular complexity index is 317. The first-order valence-corrected chi connectivity index (χ1v) is 4.09. The smallest absolute Gasteiger partial charge is 0.265 e. The van der Waals surface area contributed by atoms with Crippen molar-refractivity contribution >= 4 is 16.8 Å². The minimum absolute atomic E-state index is 0.335. The van der Waals surface area contributed by atoms with Crippen molar-refractivity contribution < 1.29 is 13.6 Å². The summed E-state index contributed by atoms with van der Waals surface area (Å²) in [5.74, 6) is 0. The van der Waals surface area contributed by atoms with Crippen molar-refractivity contribution in [2.45, 2.75) is 18.4 Å². The molecule has 0 saturated heterocycles. The Hall–Kier alpha value is -1.01. The van der Waals surface area contributed by atoms with Crippen LogP contribution in [0.25, 0.3) is 0 Å². The Labute approximate surface area is 83.5 Å². The third kappa shape index (κ3) is 2.08. The van der Waals surface area contributed by atoms with Crippen LogP contribution in [0.5, 0.6) is 0 Å². The highest BCUT2D eigenvalue weighted by Crippen LogP contribution is 2.20. The first-order chi connectivity index (χ1) is 6.47. The zero-order chi connectivity index (χ0) is 10.8. The molecule has 3 N–H and O–H groups in total. The van der Waals surface area contributed by atoms with Gasteiger partial charge in [0.15, 0.2) is 5.54 Å². The second-order valence-corrected chi connectivity index (χ2v) is 3.21. The van der Waals surface area contributed by atoms with E-state index in [0.717, 1.165) is 0 Å². The SMILES string of the molecule is NC(Cc1cnc[nH]1)(C(=O)Cl)C(F)F. The molecule has 1 atom stereocenters. The van der Waals surface area contributed by atoms with Crippen molar-refractivity contribution in [2.75, 3.05) is 0 Å². The molecule has 0 fully saturated rings. The average Bonchev–Trinajstić information content (AvgIpc) is 2.55. The summed E-state index contributed by atoms with van der Waals surface area (Å²) in [4.78, 5) is 16.9. The van der Waals surface area contributed by atoms with E-state index in [0.29, 0.717) is 5.69 Å². The van der Waals surface area contributed by atoms with Gasteiger partial charge in [-0.1, -0.05) is 0 Å². The molecule has 78 valence electrons. The highest BCUT2D eigenvalue weighted by Gasteiger charge is 2.42. The number of nitrogens with two attached hydrogens (primary N) is 1. The van der Waals surface area contributed by atoms with Gasteiger partial charge < -0.3 is 10.7 Å². The van der Waals surface area contributed by atoms with E-state index in [2.05, 4.69) is 9.97 Å². The third-order valence-electron chi connectivity index (χ3n) is 1.79. The molecule has 0 spiro atoms. The number of alkyl halides is 2. The van der Waals surface area contributed by atoms with Crippen LogP contribution >= 0.6 is 11.6 Å². The van der Waals surface area contributed by atoms with Crippen molar-refractivity contribution in [3.63, 3.8) is 0 Å². The number of rotatable bonds is 4. The first kappa shape index (κ1) is 11.1. The van der Waals surface area contributed by atoms with Crippen LogP contribution in [0.15, 0.2) is 12.5 Å². The molecule has 0 saturated carbocycles. The van der Waals surface area contributed by atoms with Crippen molar-refractivity contribution in [2.24, 2.45) is 5.73 Å². The van der Waals surface area contributed by atoms with Crippen LogP contribution in [0.3, 0.4) is 0 Å². The molecule has 1 aromatic rings. The van der Waals surface area contributed by atoms with Crippen LogP contribution in [-0.4, -0.2) is 27.2 Å². The molecule has 0 aliphatic heterocycles. The quantitative estimate of drug-likeness (QED) is 0.738. The molecule has 1 rings (SSSR count). The third-order valence-corrected chi connectivity index (χ3v) is 2.15. The molecule has 0 aliphatic carbocycles. The van der Waals surface area contributed by atoms with E-state index in [1.54, 1.807) is 0 Å². The lowest BCUT2D eigenvalue weighted by Crippen LogP contribution is -2.54. The average molecular weight is 224 g/mol. The van der Waals surface area contributed by atoms with Crippen LogP contribution in [-0.2, 0) is 11.2 Å². The lowest BCUT2D eigenvalue weighted by molar-refractivity contribution is -0.121. The Morgan fingerprint density at radius 2 is 2.43 bits per heavy atom. The molecular formula is C7H8ClF2N3O. The Morgan fingerprint density at radius 1 is 1.79 bits per heavy atom. The summed E-state index contributed by atoms with van der Waals surface area (Å²) in [5, 5.41) is -1.26. The minimum Gasteiger partial charge on any atom is -0.348 e. The molecule has 1 aromatic heterocycles. The van der Waals surface area contributed by atoms with Crippen molar-refractivity contribution in [3.8, 4) is 0 Å². The molecule has 14 heavy (non-hydrogen) atoms. The molecule has 1 unspecified atom stereocenters. The van der Waals surface area contributed by atoms with Crippen LogP contribution in [0.1, 0.15) is 5.69 Å². The number of nitrogens with one attached hydrogen (secondary N) is 1. The summed E-state index contributed by atoms with van der Waals surface area (Å²) in [5.41, 5.74) is 3.18. The van der Waals surface area contributed by atoms with Gasteiger partial charge in [0.1, 0.15) is 0 Å². The normalized spacial score (nSPS) is 15.5. The van der Waals surface area contributed by atoms with Gasteiger partial charge >= 0.3 is 0 Å². The summed E-state index contributed by atoms with van der Waals surface area (Å²) < 4.78 is 24.9. The van der Waals surface area contributed by atoms with Crippen LogP contribution in [0.2, 0.25) is 0 Å². The maximum atomic E-state index is 12.5. The van der Waals surface area contributed by atoms with Gasteiger partial charge in [0, 0.05) is 18.3 Å². The number of hydrogen-bond donors (Lipinski definition) is 2. The number of imidazole rings is 1. The topological polar surface area (TPSA) is 71.8 Å². The van der Waals surface area contributed by atoms with E-state index >= 15 is 0 Å². The second kappa shape index (κ2) is 4.02. The molecule has 4 nitrogen and oxygen atoms in total. The Morgan fingerprint density at radius 3 is 2.79 bits per heavy atom. The van der Waals surface area contributed by atoms with E-state index in [1.165, 1.54) is 12.5 Å². The van der Waals surface area contributed by atoms with E-state index in [1.807, 2.05) is 0 Å². The van der Waals surface area contributed by atoms with Gasteiger partial charge in [-0.25, -0.2) is 13.8 Å². The lowest BCUT2D eigenvalue weighted by atomic mass is 9.97. The maximum Gasteiger partial charge on any atom is 0.265 e. The number of nitrogens with zero attached hydrogens (tertiary/aromatic N) is 1. The standard InChI is InChI=1S/C7H8ClF2N3O/c8-5(14)7(11,6(9)10)1-4-2-12-3-13-4/h2-3,6H,1,11H2,(H,12,13). The number of aromatic nitrogens is 2. The van der Waals surface area contributed by atoms with Gasteiger partial charge in [-0.3, -0.25) is 4.79 Å². The van der Waals surface area contributed by atoms with Gasteiger partial charge in [-0.2, -0.15) is 0 Å². The molecule has 0 radical (unpaired) electrons. The Kier molecular flexibility index (Phi) is 3.17. The second-order valence-electron chi connectivity index (χ2n) is 2.87. The molecule has 0 aromatic carbocycles. The van der Waals surface area contributed by atoms with E-state index < -0.39 is 17.2 Å². The van der Waals surface area contributed by atoms with Crippen LogP contribution in [0.4, 0.5) is 8.78 Å². The van der Waals surface area contributed by atoms with Crippen molar-refractivity contribution in [1.82, 2.24) is 9.97 Å². The van der Waals surface area contributed by atoms with Gasteiger partial charge in [0.05, 0.1) is 6.33 Å². The molecule has 1 heterocycles. The Balaban J connectivity index is 2.85. The van der Waals surface area contributed by atoms with Crippen molar-refractivity contribution in [1.29, 1.82) is 0 Å². The highest BCUT2D eigenvalue weighted by molar-refractivity contribution is 6.65. The number of hydrogen-bond acceptors (Lipinski definition) is 3. The molecule has 0 bridgehead atoms. The zero-order valence-electron chi connectivity index (χ0n) is 7.01. The molecular weight excluding hydrogens is 216 g/mol. The fraction of sp³-hybridized carbons (Fsp3) is 0.429. The summed E-state index contributed by atoms with van der Waals surface area (Å²) in [6.45, 7) is 0. The summed E-state index contributed by atoms with van der Waals surface area (Å²) in [6, 6.07) is 0. The predicted molar refractivity (Wildman–Crippen MR) is 46.1 cm³/mol. The van der Waals surface area contributed by atoms with E-state index in [-0.39, 0.29) is 6.42 Å². The predicted octanol–water partition coefficient (Wildman–Crippen LogP) is 0.680. The van der Waals surface area contributed by atoms with Gasteiger partial charge in [0.25, 0.3) is 6.43 Å². The highest BCUT2D eigenvalue weighted by atomic mass is 35.5. The zero-order valence-corrected chi connectivity index (χ0v) is 7.76. The lowest BCUT2D eigenvalue weighted by Gasteiger charge is -2.23. The minimum atomic E-state index is -3.02. The molecule has 7 heteroatoms. The largest absolute Gasteiger partial charge is 0.348 e. The summed E-state index contributed by atoms with van der Waals surface area (Å²) in [6.07, 6.45) is -0.771. The van der Waals surface area contributed by atoms with E-state index in [4.69, 9.17) is 17.3 Å². The van der Waals surface area contributed by atoms with E-state index in [9.17, 15) is 13.6 Å². The van der Waals surface area contributed by atoms with Crippen LogP contribution in [0, 0.1) is 0 Å². The van der Waals surface area contributed by atoms with Gasteiger partial charge in [-0.05, 0) is 11.6 Å². The monoisotopic (exact) mass is 223 g/mol. The number of carbonyl (C=O) groups is 1. The van der Waals surface area contributed by atoms with Gasteiger partial charge in [-0.15, -0.1) is 0 Å². The van der Waals surface area contributed by atoms with Gasteiger partial charge in [0.2, 0.25) is 5.24 Å². The fourth-order valence-electron chi connectivity index (χ4n) is 0.929. The maximum absolute atomic E-state index is 12.5. The summed E-state index contributed by atoms with van der Waals surface area (Å²) >= 11 is 5.02. The number of carbonyl (C=O) groups excluding carboxylic acids is 1. The fourth-order valence-corrected chi connectivity index (χ4v) is 1.08. The van der Waals surface area contributed by atoms with Crippen LogP contribution < -0.4 is 5.73 Å². The number of halogens is 3. The molecule has 0 aliphatic rings. The first-order valence-electron chi connectivity index (χ1n) is 3.71. The summed E-state index contributed by atoms with van der Waals surface area (Å²) in [7, 11) is 0. The van der Waals surface area contributed by atoms with Crippen molar-refractivity contribution in [3.05, 3.63) is 18.2 Å². The number of aromatic amines is 1. The molecule has 0 amide bonds.